The quantitative estimate of drug-likeness (QED) is 0.444. The molecule has 9 heteroatoms. The normalized spacial score (nSPS) is 19.6. The van der Waals surface area contributed by atoms with Gasteiger partial charge in [-0.15, -0.1) is 0 Å². The summed E-state index contributed by atoms with van der Waals surface area (Å²) in [4.78, 5) is 40.5. The number of nitrogens with one attached hydrogen (secondary N) is 1. The first-order valence-electron chi connectivity index (χ1n) is 11.3. The zero-order valence-electron chi connectivity index (χ0n) is 18.5. The molecular weight excluding hydrogens is 462 g/mol. The lowest BCUT2D eigenvalue weighted by molar-refractivity contribution is -0.156. The number of thioether (sulfide) groups is 1. The van der Waals surface area contributed by atoms with Gasteiger partial charge in [0.05, 0.1) is 17.5 Å². The van der Waals surface area contributed by atoms with E-state index in [1.54, 1.807) is 17.0 Å². The smallest absolute Gasteiger partial charge is 0.310 e. The predicted octanol–water partition coefficient (Wildman–Crippen LogP) is 4.88. The molecular formula is C25H26F2N2O4S. The van der Waals surface area contributed by atoms with E-state index in [-0.39, 0.29) is 16.5 Å². The minimum absolute atomic E-state index is 0.0750. The van der Waals surface area contributed by atoms with Crippen molar-refractivity contribution in [2.75, 3.05) is 23.4 Å². The maximum absolute atomic E-state index is 13.4. The Labute approximate surface area is 201 Å². The third kappa shape index (κ3) is 5.58. The Morgan fingerprint density at radius 2 is 1.74 bits per heavy atom. The molecule has 2 aromatic carbocycles. The number of halogens is 2. The monoisotopic (exact) mass is 488 g/mol. The van der Waals surface area contributed by atoms with Crippen molar-refractivity contribution in [3.05, 3.63) is 54.1 Å². The van der Waals surface area contributed by atoms with Crippen molar-refractivity contribution in [2.45, 2.75) is 42.8 Å². The van der Waals surface area contributed by atoms with Crippen molar-refractivity contribution in [3.63, 3.8) is 0 Å². The van der Waals surface area contributed by atoms with Crippen LogP contribution in [0.2, 0.25) is 0 Å². The Hall–Kier alpha value is -2.94. The molecule has 0 radical (unpaired) electrons. The first kappa shape index (κ1) is 24.2. The highest BCUT2D eigenvalue weighted by Gasteiger charge is 2.40. The Kier molecular flexibility index (Phi) is 7.82. The number of amides is 2. The van der Waals surface area contributed by atoms with E-state index >= 15 is 0 Å². The van der Waals surface area contributed by atoms with Crippen LogP contribution in [-0.2, 0) is 25.5 Å². The average molecular weight is 489 g/mol. The van der Waals surface area contributed by atoms with Gasteiger partial charge < -0.3 is 15.0 Å². The number of hydrogen-bond donors (Lipinski definition) is 1. The number of benzene rings is 2. The molecule has 1 aliphatic heterocycles. The van der Waals surface area contributed by atoms with Gasteiger partial charge in [-0.25, -0.2) is 0 Å². The maximum atomic E-state index is 13.4. The largest absolute Gasteiger partial charge is 0.455 e. The number of para-hydroxylation sites is 2. The zero-order chi connectivity index (χ0) is 24.1. The Morgan fingerprint density at radius 1 is 1.03 bits per heavy atom. The molecule has 2 amide bonds. The molecule has 6 nitrogen and oxygen atoms in total. The maximum Gasteiger partial charge on any atom is 0.310 e. The van der Waals surface area contributed by atoms with E-state index in [9.17, 15) is 23.2 Å². The minimum atomic E-state index is -2.63. The van der Waals surface area contributed by atoms with Gasteiger partial charge in [0.25, 0.3) is 11.7 Å². The van der Waals surface area contributed by atoms with Crippen molar-refractivity contribution in [2.24, 2.45) is 11.8 Å². The van der Waals surface area contributed by atoms with E-state index in [1.165, 1.54) is 12.1 Å². The summed E-state index contributed by atoms with van der Waals surface area (Å²) in [5, 5.41) is 2.52. The molecule has 2 atom stereocenters. The molecule has 1 aliphatic carbocycles. The Balaban J connectivity index is 1.36. The predicted molar refractivity (Wildman–Crippen MR) is 126 cm³/mol. The van der Waals surface area contributed by atoms with E-state index in [2.05, 4.69) is 5.32 Å². The molecule has 0 aromatic heterocycles. The van der Waals surface area contributed by atoms with Crippen LogP contribution < -0.4 is 10.2 Å². The Morgan fingerprint density at radius 3 is 2.53 bits per heavy atom. The number of esters is 1. The first-order valence-corrected chi connectivity index (χ1v) is 12.2. The van der Waals surface area contributed by atoms with E-state index in [0.717, 1.165) is 30.5 Å². The number of alkyl halides is 2. The van der Waals surface area contributed by atoms with E-state index < -0.39 is 36.1 Å². The third-order valence-electron chi connectivity index (χ3n) is 6.26. The van der Waals surface area contributed by atoms with Gasteiger partial charge in [-0.05, 0) is 43.0 Å². The number of hydrogen-bond acceptors (Lipinski definition) is 5. The number of fused-ring (bicyclic) bond motifs is 1. The molecule has 2 aromatic rings. The van der Waals surface area contributed by atoms with Crippen LogP contribution in [-0.4, -0.2) is 36.7 Å². The van der Waals surface area contributed by atoms with Gasteiger partial charge in [0.2, 0.25) is 5.91 Å². The van der Waals surface area contributed by atoms with Crippen LogP contribution in [0.3, 0.4) is 0 Å². The van der Waals surface area contributed by atoms with Crippen LogP contribution in [0.25, 0.3) is 0 Å². The molecule has 2 aliphatic rings. The van der Waals surface area contributed by atoms with Crippen LogP contribution in [0.5, 0.6) is 0 Å². The second-order valence-electron chi connectivity index (χ2n) is 8.40. The molecule has 1 heterocycles. The molecule has 1 N–H and O–H groups in total. The van der Waals surface area contributed by atoms with Crippen molar-refractivity contribution < 1.29 is 27.9 Å². The number of anilines is 2. The second-order valence-corrected chi connectivity index (χ2v) is 9.43. The summed E-state index contributed by atoms with van der Waals surface area (Å²) < 4.78 is 30.8. The standard InChI is InChI=1S/C25H26F2N2O4S/c26-25(27)34-21-12-6-4-10-19(21)28-22(30)15-33-24(32)18-9-3-2-8-17(18)23(31)29-14-13-16-7-1-5-11-20(16)29/h1,4-7,10-12,17-18,25H,2-3,8-9,13-15H2,(H,28,30). The van der Waals surface area contributed by atoms with Crippen LogP contribution in [0.4, 0.5) is 20.2 Å². The van der Waals surface area contributed by atoms with E-state index in [0.29, 0.717) is 31.1 Å². The molecule has 1 fully saturated rings. The number of carbonyl (C=O) groups excluding carboxylic acids is 3. The van der Waals surface area contributed by atoms with E-state index in [1.807, 2.05) is 24.3 Å². The molecule has 2 unspecified atom stereocenters. The third-order valence-corrected chi connectivity index (χ3v) is 7.05. The lowest BCUT2D eigenvalue weighted by Crippen LogP contribution is -2.42. The summed E-state index contributed by atoms with van der Waals surface area (Å²) in [5.41, 5.74) is 2.24. The number of rotatable bonds is 7. The fourth-order valence-corrected chi connectivity index (χ4v) is 5.27. The number of ether oxygens (including phenoxy) is 1. The molecule has 0 spiro atoms. The number of nitrogens with zero attached hydrogens (tertiary/aromatic N) is 1. The summed E-state index contributed by atoms with van der Waals surface area (Å²) in [7, 11) is 0. The van der Waals surface area contributed by atoms with E-state index in [4.69, 9.17) is 4.74 Å². The average Bonchev–Trinajstić information content (AvgIpc) is 3.27. The van der Waals surface area contributed by atoms with Crippen LogP contribution in [0.15, 0.2) is 53.4 Å². The summed E-state index contributed by atoms with van der Waals surface area (Å²) in [5.74, 6) is -4.99. The second kappa shape index (κ2) is 11.0. The molecule has 0 bridgehead atoms. The number of carbonyl (C=O) groups is 3. The van der Waals surface area contributed by atoms with Gasteiger partial charge in [0, 0.05) is 17.1 Å². The summed E-state index contributed by atoms with van der Waals surface area (Å²) in [6.07, 6.45) is 3.58. The topological polar surface area (TPSA) is 75.7 Å². The Bertz CT molecular complexity index is 1060. The van der Waals surface area contributed by atoms with Gasteiger partial charge in [-0.2, -0.15) is 8.78 Å². The highest BCUT2D eigenvalue weighted by Crippen LogP contribution is 2.36. The lowest BCUT2D eigenvalue weighted by Gasteiger charge is -2.32. The van der Waals surface area contributed by atoms with Gasteiger partial charge in [0.15, 0.2) is 6.61 Å². The fourth-order valence-electron chi connectivity index (χ4n) is 4.67. The minimum Gasteiger partial charge on any atom is -0.455 e. The van der Waals surface area contributed by atoms with Gasteiger partial charge in [-0.1, -0.05) is 54.9 Å². The fraction of sp³-hybridized carbons (Fsp3) is 0.400. The highest BCUT2D eigenvalue weighted by molar-refractivity contribution is 7.99. The highest BCUT2D eigenvalue weighted by atomic mass is 32.2. The van der Waals surface area contributed by atoms with Crippen molar-refractivity contribution in [3.8, 4) is 0 Å². The zero-order valence-corrected chi connectivity index (χ0v) is 19.4. The van der Waals surface area contributed by atoms with Crippen molar-refractivity contribution >= 4 is 40.9 Å². The SMILES string of the molecule is O=C(COC(=O)C1CCCCC1C(=O)N1CCc2ccccc21)Nc1ccccc1SC(F)F. The molecule has 1 saturated carbocycles. The summed E-state index contributed by atoms with van der Waals surface area (Å²) in [6.45, 7) is 0.0470. The molecule has 4 rings (SSSR count). The lowest BCUT2D eigenvalue weighted by atomic mass is 9.78. The van der Waals surface area contributed by atoms with Crippen LogP contribution >= 0.6 is 11.8 Å². The first-order chi connectivity index (χ1) is 16.4. The summed E-state index contributed by atoms with van der Waals surface area (Å²) >= 11 is 0.327. The molecule has 180 valence electrons. The molecule has 34 heavy (non-hydrogen) atoms. The van der Waals surface area contributed by atoms with Gasteiger partial charge >= 0.3 is 5.97 Å². The van der Waals surface area contributed by atoms with Gasteiger partial charge in [0.1, 0.15) is 0 Å². The van der Waals surface area contributed by atoms with Crippen LogP contribution in [0.1, 0.15) is 31.2 Å². The van der Waals surface area contributed by atoms with Gasteiger partial charge in [-0.3, -0.25) is 14.4 Å². The van der Waals surface area contributed by atoms with Crippen molar-refractivity contribution in [1.29, 1.82) is 0 Å². The molecule has 0 saturated heterocycles. The van der Waals surface area contributed by atoms with Crippen molar-refractivity contribution in [1.82, 2.24) is 0 Å². The summed E-state index contributed by atoms with van der Waals surface area (Å²) in [6, 6.07) is 14.0. The van der Waals surface area contributed by atoms with Crippen LogP contribution in [0, 0.1) is 11.8 Å².